The summed E-state index contributed by atoms with van der Waals surface area (Å²) in [5.74, 6) is 0. The summed E-state index contributed by atoms with van der Waals surface area (Å²) in [6.45, 7) is 0.771. The summed E-state index contributed by atoms with van der Waals surface area (Å²) in [4.78, 5) is 0. The van der Waals surface area contributed by atoms with Gasteiger partial charge in [0.15, 0.2) is 0 Å². The lowest BCUT2D eigenvalue weighted by Gasteiger charge is -2.16. The molecule has 0 aromatic heterocycles. The summed E-state index contributed by atoms with van der Waals surface area (Å²) in [6.07, 6.45) is 1.02. The molecule has 2 rings (SSSR count). The van der Waals surface area contributed by atoms with Crippen LogP contribution in [0, 0.1) is 0 Å². The molecule has 2 unspecified atom stereocenters. The molecule has 0 radical (unpaired) electrons. The highest BCUT2D eigenvalue weighted by Gasteiger charge is 2.27. The van der Waals surface area contributed by atoms with E-state index in [0.717, 1.165) is 23.1 Å². The molecule has 0 spiro atoms. The van der Waals surface area contributed by atoms with Crippen LogP contribution in [0.5, 0.6) is 0 Å². The fourth-order valence-electron chi connectivity index (χ4n) is 1.63. The van der Waals surface area contributed by atoms with Crippen molar-refractivity contribution in [2.24, 2.45) is 5.73 Å². The number of hydrogen-bond donors (Lipinski definition) is 1. The van der Waals surface area contributed by atoms with Gasteiger partial charge in [-0.25, -0.2) is 0 Å². The Morgan fingerprint density at radius 3 is 2.77 bits per heavy atom. The van der Waals surface area contributed by atoms with Crippen molar-refractivity contribution in [3.8, 4) is 0 Å². The molecule has 1 heterocycles. The molecule has 0 saturated carbocycles. The standard InChI is InChI=1S/C10H12BrNO/c11-8-4-2-1-3-7(8)10-9(12)5-6-13-10/h1-4,9-10H,5-6,12H2. The molecule has 1 fully saturated rings. The van der Waals surface area contributed by atoms with Gasteiger partial charge in [0.2, 0.25) is 0 Å². The van der Waals surface area contributed by atoms with Crippen LogP contribution < -0.4 is 5.73 Å². The first-order chi connectivity index (χ1) is 6.29. The van der Waals surface area contributed by atoms with E-state index in [2.05, 4.69) is 22.0 Å². The van der Waals surface area contributed by atoms with Crippen LogP contribution in [-0.4, -0.2) is 12.6 Å². The molecule has 1 aliphatic heterocycles. The highest BCUT2D eigenvalue weighted by atomic mass is 79.9. The van der Waals surface area contributed by atoms with Crippen LogP contribution in [0.4, 0.5) is 0 Å². The van der Waals surface area contributed by atoms with Gasteiger partial charge in [0.05, 0.1) is 6.10 Å². The molecule has 1 aliphatic rings. The van der Waals surface area contributed by atoms with Gasteiger partial charge in [0.1, 0.15) is 0 Å². The third kappa shape index (κ3) is 1.77. The first-order valence-electron chi connectivity index (χ1n) is 4.40. The lowest BCUT2D eigenvalue weighted by atomic mass is 10.0. The average molecular weight is 242 g/mol. The Bertz CT molecular complexity index is 303. The van der Waals surface area contributed by atoms with Crippen LogP contribution in [0.2, 0.25) is 0 Å². The second kappa shape index (κ2) is 3.78. The normalized spacial score (nSPS) is 27.8. The lowest BCUT2D eigenvalue weighted by molar-refractivity contribution is 0.104. The maximum absolute atomic E-state index is 5.93. The molecule has 0 amide bonds. The maximum Gasteiger partial charge on any atom is 0.0987 e. The summed E-state index contributed by atoms with van der Waals surface area (Å²) in [7, 11) is 0. The number of nitrogens with two attached hydrogens (primary N) is 1. The van der Waals surface area contributed by atoms with Gasteiger partial charge in [-0.1, -0.05) is 34.1 Å². The fourth-order valence-corrected chi connectivity index (χ4v) is 2.14. The Labute approximate surface area is 86.2 Å². The van der Waals surface area contributed by atoms with E-state index in [1.807, 2.05) is 18.2 Å². The van der Waals surface area contributed by atoms with Gasteiger partial charge in [-0.15, -0.1) is 0 Å². The van der Waals surface area contributed by atoms with E-state index in [-0.39, 0.29) is 12.1 Å². The van der Waals surface area contributed by atoms with Crippen molar-refractivity contribution in [1.29, 1.82) is 0 Å². The zero-order valence-electron chi connectivity index (χ0n) is 7.24. The summed E-state index contributed by atoms with van der Waals surface area (Å²) >= 11 is 3.50. The number of hydrogen-bond acceptors (Lipinski definition) is 2. The van der Waals surface area contributed by atoms with Crippen molar-refractivity contribution in [1.82, 2.24) is 0 Å². The maximum atomic E-state index is 5.93. The molecular weight excluding hydrogens is 230 g/mol. The molecule has 3 heteroatoms. The molecule has 70 valence electrons. The number of halogens is 1. The largest absolute Gasteiger partial charge is 0.372 e. The van der Waals surface area contributed by atoms with E-state index in [0.29, 0.717) is 0 Å². The highest BCUT2D eigenvalue weighted by Crippen LogP contribution is 2.32. The van der Waals surface area contributed by atoms with E-state index < -0.39 is 0 Å². The van der Waals surface area contributed by atoms with Gasteiger partial charge in [0, 0.05) is 17.1 Å². The zero-order valence-corrected chi connectivity index (χ0v) is 8.83. The summed E-state index contributed by atoms with van der Waals surface area (Å²) in [6, 6.07) is 8.21. The first kappa shape index (κ1) is 9.19. The topological polar surface area (TPSA) is 35.2 Å². The zero-order chi connectivity index (χ0) is 9.26. The molecule has 1 aromatic carbocycles. The molecule has 2 nitrogen and oxygen atoms in total. The van der Waals surface area contributed by atoms with Crippen LogP contribution in [0.3, 0.4) is 0 Å². The Morgan fingerprint density at radius 1 is 1.38 bits per heavy atom. The lowest BCUT2D eigenvalue weighted by Crippen LogP contribution is -2.23. The Morgan fingerprint density at radius 2 is 2.15 bits per heavy atom. The van der Waals surface area contributed by atoms with Crippen molar-refractivity contribution < 1.29 is 4.74 Å². The third-order valence-corrected chi connectivity index (χ3v) is 3.07. The van der Waals surface area contributed by atoms with Gasteiger partial charge >= 0.3 is 0 Å². The van der Waals surface area contributed by atoms with Crippen molar-refractivity contribution >= 4 is 15.9 Å². The van der Waals surface area contributed by atoms with E-state index in [1.165, 1.54) is 0 Å². The van der Waals surface area contributed by atoms with Crippen molar-refractivity contribution in [3.63, 3.8) is 0 Å². The third-order valence-electron chi connectivity index (χ3n) is 2.35. The van der Waals surface area contributed by atoms with Crippen LogP contribution in [0.1, 0.15) is 18.1 Å². The minimum Gasteiger partial charge on any atom is -0.372 e. The quantitative estimate of drug-likeness (QED) is 0.819. The van der Waals surface area contributed by atoms with Gasteiger partial charge in [-0.05, 0) is 18.1 Å². The smallest absolute Gasteiger partial charge is 0.0987 e. The van der Waals surface area contributed by atoms with Gasteiger partial charge in [-0.3, -0.25) is 0 Å². The van der Waals surface area contributed by atoms with Crippen LogP contribution >= 0.6 is 15.9 Å². The van der Waals surface area contributed by atoms with Crippen molar-refractivity contribution in [3.05, 3.63) is 34.3 Å². The molecule has 0 bridgehead atoms. The fraction of sp³-hybridized carbons (Fsp3) is 0.400. The number of benzene rings is 1. The highest BCUT2D eigenvalue weighted by molar-refractivity contribution is 9.10. The van der Waals surface area contributed by atoms with Crippen LogP contribution in [-0.2, 0) is 4.74 Å². The summed E-state index contributed by atoms with van der Waals surface area (Å²) in [5, 5.41) is 0. The SMILES string of the molecule is NC1CCOC1c1ccccc1Br. The monoisotopic (exact) mass is 241 g/mol. The predicted octanol–water partition coefficient (Wildman–Crippen LogP) is 2.24. The molecule has 2 N–H and O–H groups in total. The predicted molar refractivity (Wildman–Crippen MR) is 55.4 cm³/mol. The van der Waals surface area contributed by atoms with Gasteiger partial charge in [-0.2, -0.15) is 0 Å². The van der Waals surface area contributed by atoms with Crippen molar-refractivity contribution in [2.75, 3.05) is 6.61 Å². The molecule has 1 aromatic rings. The van der Waals surface area contributed by atoms with Crippen LogP contribution in [0.25, 0.3) is 0 Å². The molecule has 1 saturated heterocycles. The number of rotatable bonds is 1. The minimum absolute atomic E-state index is 0.0653. The Balaban J connectivity index is 2.29. The van der Waals surface area contributed by atoms with E-state index in [4.69, 9.17) is 10.5 Å². The minimum atomic E-state index is 0.0653. The second-order valence-corrected chi connectivity index (χ2v) is 4.12. The van der Waals surface area contributed by atoms with E-state index in [9.17, 15) is 0 Å². The Hall–Kier alpha value is -0.380. The second-order valence-electron chi connectivity index (χ2n) is 3.27. The first-order valence-corrected chi connectivity index (χ1v) is 5.20. The molecule has 0 aliphatic carbocycles. The van der Waals surface area contributed by atoms with E-state index >= 15 is 0 Å². The van der Waals surface area contributed by atoms with E-state index in [1.54, 1.807) is 0 Å². The van der Waals surface area contributed by atoms with Gasteiger partial charge < -0.3 is 10.5 Å². The molecule has 2 atom stereocenters. The van der Waals surface area contributed by atoms with Crippen LogP contribution in [0.15, 0.2) is 28.7 Å². The average Bonchev–Trinajstić information content (AvgIpc) is 2.52. The summed E-state index contributed by atoms with van der Waals surface area (Å²) < 4.78 is 6.66. The Kier molecular flexibility index (Phi) is 2.67. The molecule has 13 heavy (non-hydrogen) atoms. The molecular formula is C10H12BrNO. The van der Waals surface area contributed by atoms with Gasteiger partial charge in [0.25, 0.3) is 0 Å². The summed E-state index contributed by atoms with van der Waals surface area (Å²) in [5.41, 5.74) is 7.09. The number of ether oxygens (including phenoxy) is 1. The van der Waals surface area contributed by atoms with Crippen molar-refractivity contribution in [2.45, 2.75) is 18.6 Å².